The Morgan fingerprint density at radius 3 is 2.53 bits per heavy atom. The van der Waals surface area contributed by atoms with Crippen LogP contribution in [-0.2, 0) is 4.79 Å². The second kappa shape index (κ2) is 4.63. The summed E-state index contributed by atoms with van der Waals surface area (Å²) in [6, 6.07) is 11.1. The van der Waals surface area contributed by atoms with Gasteiger partial charge in [0.25, 0.3) is 5.91 Å². The highest BCUT2D eigenvalue weighted by Crippen LogP contribution is 2.31. The van der Waals surface area contributed by atoms with Crippen molar-refractivity contribution < 1.29 is 9.53 Å². The van der Waals surface area contributed by atoms with Crippen LogP contribution < -0.4 is 10.5 Å². The van der Waals surface area contributed by atoms with Gasteiger partial charge in [-0.05, 0) is 19.1 Å². The van der Waals surface area contributed by atoms with Crippen molar-refractivity contribution in [3.8, 4) is 5.75 Å². The minimum absolute atomic E-state index is 0.496. The lowest BCUT2D eigenvalue weighted by Crippen LogP contribution is -2.30. The molecule has 0 fully saturated rings. The number of rotatable bonds is 3. The summed E-state index contributed by atoms with van der Waals surface area (Å²) < 4.78 is 5.51. The van der Waals surface area contributed by atoms with E-state index in [9.17, 15) is 4.79 Å². The molecule has 0 heterocycles. The fourth-order valence-electron chi connectivity index (χ4n) is 1.59. The molecule has 0 saturated heterocycles. The van der Waals surface area contributed by atoms with Crippen molar-refractivity contribution in [3.63, 3.8) is 0 Å². The molecule has 2 rings (SSSR count). The van der Waals surface area contributed by atoms with Gasteiger partial charge in [0.2, 0.25) is 0 Å². The Morgan fingerprint density at radius 1 is 1.24 bits per heavy atom. The number of halogens is 1. The quantitative estimate of drug-likeness (QED) is 0.909. The Hall–Kier alpha value is -1.74. The summed E-state index contributed by atoms with van der Waals surface area (Å²) in [5.74, 6) is 0.111. The fraction of sp³-hybridized carbons (Fsp3) is 0.154. The summed E-state index contributed by atoms with van der Waals surface area (Å²) in [7, 11) is 0. The summed E-state index contributed by atoms with van der Waals surface area (Å²) in [6.07, 6.45) is -0.667. The van der Waals surface area contributed by atoms with Crippen molar-refractivity contribution in [1.29, 1.82) is 0 Å². The Kier molecular flexibility index (Phi) is 3.20. The predicted octanol–water partition coefficient (Wildman–Crippen LogP) is 2.75. The lowest BCUT2D eigenvalue weighted by Gasteiger charge is -2.13. The van der Waals surface area contributed by atoms with Crippen molar-refractivity contribution >= 4 is 28.3 Å². The molecular formula is C13H12ClNO2. The third-order valence-corrected chi connectivity index (χ3v) is 2.86. The van der Waals surface area contributed by atoms with Crippen LogP contribution in [0, 0.1) is 0 Å². The smallest absolute Gasteiger partial charge is 0.258 e. The number of carbonyl (C=O) groups excluding carboxylic acids is 1. The number of primary amides is 1. The molecule has 0 aliphatic rings. The molecular weight excluding hydrogens is 238 g/mol. The third kappa shape index (κ3) is 2.34. The fourth-order valence-corrected chi connectivity index (χ4v) is 1.81. The van der Waals surface area contributed by atoms with E-state index in [1.807, 2.05) is 24.3 Å². The number of carbonyl (C=O) groups is 1. The van der Waals surface area contributed by atoms with Gasteiger partial charge in [-0.1, -0.05) is 35.9 Å². The number of nitrogens with two attached hydrogens (primary N) is 1. The van der Waals surface area contributed by atoms with E-state index in [0.717, 1.165) is 10.8 Å². The number of ether oxygens (including phenoxy) is 1. The number of fused-ring (bicyclic) bond motifs is 1. The van der Waals surface area contributed by atoms with Crippen LogP contribution in [0.1, 0.15) is 6.92 Å². The largest absolute Gasteiger partial charge is 0.480 e. The van der Waals surface area contributed by atoms with Gasteiger partial charge in [-0.2, -0.15) is 0 Å². The molecule has 0 aliphatic carbocycles. The van der Waals surface area contributed by atoms with Crippen molar-refractivity contribution in [3.05, 3.63) is 41.4 Å². The molecule has 17 heavy (non-hydrogen) atoms. The summed E-state index contributed by atoms with van der Waals surface area (Å²) in [5.41, 5.74) is 5.17. The monoisotopic (exact) mass is 249 g/mol. The zero-order valence-electron chi connectivity index (χ0n) is 9.31. The molecule has 0 aliphatic heterocycles. The first-order valence-corrected chi connectivity index (χ1v) is 5.60. The maximum absolute atomic E-state index is 11.0. The maximum atomic E-state index is 11.0. The lowest BCUT2D eigenvalue weighted by molar-refractivity contribution is -0.123. The minimum Gasteiger partial charge on any atom is -0.480 e. The van der Waals surface area contributed by atoms with E-state index in [1.54, 1.807) is 19.1 Å². The second-order valence-electron chi connectivity index (χ2n) is 3.75. The molecule has 2 N–H and O–H groups in total. The van der Waals surface area contributed by atoms with Gasteiger partial charge in [-0.15, -0.1) is 0 Å². The SMILES string of the molecule is C[C@@H](Oc1ccc(Cl)c2ccccc12)C(N)=O. The maximum Gasteiger partial charge on any atom is 0.258 e. The van der Waals surface area contributed by atoms with Crippen LogP contribution in [0.25, 0.3) is 10.8 Å². The van der Waals surface area contributed by atoms with Crippen molar-refractivity contribution in [2.75, 3.05) is 0 Å². The zero-order valence-corrected chi connectivity index (χ0v) is 10.1. The Bertz CT molecular complexity index is 568. The van der Waals surface area contributed by atoms with E-state index in [4.69, 9.17) is 22.1 Å². The topological polar surface area (TPSA) is 52.3 Å². The lowest BCUT2D eigenvalue weighted by atomic mass is 10.1. The van der Waals surface area contributed by atoms with Gasteiger partial charge in [0.1, 0.15) is 5.75 Å². The van der Waals surface area contributed by atoms with Gasteiger partial charge < -0.3 is 10.5 Å². The van der Waals surface area contributed by atoms with Crippen LogP contribution in [0.4, 0.5) is 0 Å². The molecule has 4 heteroatoms. The number of benzene rings is 2. The Morgan fingerprint density at radius 2 is 1.88 bits per heavy atom. The number of amides is 1. The first-order chi connectivity index (χ1) is 8.09. The van der Waals surface area contributed by atoms with E-state index in [1.165, 1.54) is 0 Å². The highest BCUT2D eigenvalue weighted by molar-refractivity contribution is 6.35. The van der Waals surface area contributed by atoms with E-state index >= 15 is 0 Å². The van der Waals surface area contributed by atoms with Crippen molar-refractivity contribution in [2.24, 2.45) is 5.73 Å². The Balaban J connectivity index is 2.48. The van der Waals surface area contributed by atoms with Gasteiger partial charge >= 0.3 is 0 Å². The first-order valence-electron chi connectivity index (χ1n) is 5.23. The molecule has 88 valence electrons. The molecule has 1 amide bonds. The zero-order chi connectivity index (χ0) is 12.4. The standard InChI is InChI=1S/C13H12ClNO2/c1-8(13(15)16)17-12-7-6-11(14)9-4-2-3-5-10(9)12/h2-8H,1H3,(H2,15,16)/t8-/m1/s1. The first kappa shape index (κ1) is 11.7. The Labute approximate surface area is 104 Å². The highest BCUT2D eigenvalue weighted by Gasteiger charge is 2.12. The number of hydrogen-bond acceptors (Lipinski definition) is 2. The molecule has 0 saturated carbocycles. The van der Waals surface area contributed by atoms with Gasteiger partial charge in [0, 0.05) is 15.8 Å². The molecule has 3 nitrogen and oxygen atoms in total. The normalized spacial score (nSPS) is 12.4. The predicted molar refractivity (Wildman–Crippen MR) is 68.2 cm³/mol. The van der Waals surface area contributed by atoms with Gasteiger partial charge in [-0.25, -0.2) is 0 Å². The summed E-state index contributed by atoms with van der Waals surface area (Å²) >= 11 is 6.08. The van der Waals surface area contributed by atoms with Crippen LogP contribution in [-0.4, -0.2) is 12.0 Å². The summed E-state index contributed by atoms with van der Waals surface area (Å²) in [4.78, 5) is 11.0. The average Bonchev–Trinajstić information content (AvgIpc) is 2.33. The molecule has 0 aromatic heterocycles. The molecule has 0 unspecified atom stereocenters. The van der Waals surface area contributed by atoms with Crippen LogP contribution in [0.2, 0.25) is 5.02 Å². The molecule has 2 aromatic carbocycles. The van der Waals surface area contributed by atoms with E-state index in [2.05, 4.69) is 0 Å². The van der Waals surface area contributed by atoms with Crippen LogP contribution in [0.5, 0.6) is 5.75 Å². The van der Waals surface area contributed by atoms with Crippen LogP contribution in [0.15, 0.2) is 36.4 Å². The van der Waals surface area contributed by atoms with Gasteiger partial charge in [-0.3, -0.25) is 4.79 Å². The number of hydrogen-bond donors (Lipinski definition) is 1. The minimum atomic E-state index is -0.667. The van der Waals surface area contributed by atoms with E-state index in [-0.39, 0.29) is 0 Å². The van der Waals surface area contributed by atoms with Crippen LogP contribution in [0.3, 0.4) is 0 Å². The molecule has 0 bridgehead atoms. The van der Waals surface area contributed by atoms with Crippen LogP contribution >= 0.6 is 11.6 Å². The second-order valence-corrected chi connectivity index (χ2v) is 4.16. The van der Waals surface area contributed by atoms with E-state index < -0.39 is 12.0 Å². The summed E-state index contributed by atoms with van der Waals surface area (Å²) in [6.45, 7) is 1.62. The molecule has 1 atom stereocenters. The summed E-state index contributed by atoms with van der Waals surface area (Å²) in [5, 5.41) is 2.41. The molecule has 0 spiro atoms. The van der Waals surface area contributed by atoms with Crippen molar-refractivity contribution in [2.45, 2.75) is 13.0 Å². The van der Waals surface area contributed by atoms with E-state index in [0.29, 0.717) is 10.8 Å². The van der Waals surface area contributed by atoms with Gasteiger partial charge in [0.15, 0.2) is 6.10 Å². The van der Waals surface area contributed by atoms with Gasteiger partial charge in [0.05, 0.1) is 0 Å². The highest BCUT2D eigenvalue weighted by atomic mass is 35.5. The third-order valence-electron chi connectivity index (χ3n) is 2.54. The van der Waals surface area contributed by atoms with Crippen molar-refractivity contribution in [1.82, 2.24) is 0 Å². The molecule has 2 aromatic rings. The average molecular weight is 250 g/mol. The molecule has 0 radical (unpaired) electrons.